The molecule has 1 aliphatic rings. The second-order valence-corrected chi connectivity index (χ2v) is 25.7. The molecule has 14 rings (SSSR count). The van der Waals surface area contributed by atoms with Crippen molar-refractivity contribution in [1.29, 1.82) is 0 Å². The van der Waals surface area contributed by atoms with Crippen LogP contribution in [0, 0.1) is 17.5 Å². The van der Waals surface area contributed by atoms with Gasteiger partial charge in [0.1, 0.15) is 51.5 Å². The third-order valence-electron chi connectivity index (χ3n) is 17.5. The van der Waals surface area contributed by atoms with Crippen molar-refractivity contribution in [3.63, 3.8) is 0 Å². The minimum atomic E-state index is -1.06. The van der Waals surface area contributed by atoms with Crippen LogP contribution >= 0.6 is 34.8 Å². The Labute approximate surface area is 607 Å². The summed E-state index contributed by atoms with van der Waals surface area (Å²) in [4.78, 5) is 83.2. The minimum absolute atomic E-state index is 0.0124. The third kappa shape index (κ3) is 17.4. The van der Waals surface area contributed by atoms with E-state index in [1.807, 2.05) is 18.2 Å². The number of ether oxygens (including phenoxy) is 2. The first-order valence-corrected chi connectivity index (χ1v) is 34.2. The maximum Gasteiger partial charge on any atom is 0.335 e. The van der Waals surface area contributed by atoms with Gasteiger partial charge in [-0.1, -0.05) is 65.5 Å². The number of carboxylic acid groups (broad SMARTS) is 3. The Hall–Kier alpha value is -10.9. The van der Waals surface area contributed by atoms with E-state index in [9.17, 15) is 42.9 Å². The van der Waals surface area contributed by atoms with Crippen molar-refractivity contribution >= 4 is 153 Å². The number of likely N-dealkylation sites (tertiary alicyclic amines) is 1. The number of fused-ring (bicyclic) bond motifs is 9. The maximum atomic E-state index is 13.7. The second kappa shape index (κ2) is 33.0. The molecule has 0 spiro atoms. The molecule has 7 aromatic heterocycles. The van der Waals surface area contributed by atoms with Crippen molar-refractivity contribution in [2.45, 2.75) is 83.5 Å². The van der Waals surface area contributed by atoms with E-state index in [4.69, 9.17) is 59.2 Å². The number of hydrogen-bond donors (Lipinski definition) is 6. The summed E-state index contributed by atoms with van der Waals surface area (Å²) in [6, 6.07) is 33.4. The number of anilines is 6. The van der Waals surface area contributed by atoms with Gasteiger partial charge in [0.25, 0.3) is 0 Å². The van der Waals surface area contributed by atoms with Crippen molar-refractivity contribution in [3.8, 4) is 0 Å². The molecule has 0 radical (unpaired) electrons. The van der Waals surface area contributed by atoms with Crippen LogP contribution in [0.25, 0.3) is 65.4 Å². The van der Waals surface area contributed by atoms with E-state index in [0.717, 1.165) is 53.5 Å². The fraction of sp³-hybridized carbons (Fsp3) is 0.224. The summed E-state index contributed by atoms with van der Waals surface area (Å²) in [5.74, 6) is -1.66. The Morgan fingerprint density at radius 3 is 1.31 bits per heavy atom. The third-order valence-corrected chi connectivity index (χ3v) is 18.4. The number of halogens is 6. The average molecular weight is 1470 g/mol. The lowest BCUT2D eigenvalue weighted by atomic mass is 10.0. The lowest BCUT2D eigenvalue weighted by Crippen LogP contribution is -2.38. The number of benzene rings is 6. The molecule has 13 aromatic rings. The summed E-state index contributed by atoms with van der Waals surface area (Å²) in [5, 5.41) is 41.9. The fourth-order valence-corrected chi connectivity index (χ4v) is 12.6. The van der Waals surface area contributed by atoms with E-state index in [0.29, 0.717) is 127 Å². The number of hydrogen-bond acceptors (Lipinski definition) is 19. The van der Waals surface area contributed by atoms with E-state index in [1.54, 1.807) is 69.3 Å². The predicted octanol–water partition coefficient (Wildman–Crippen LogP) is 17.2. The van der Waals surface area contributed by atoms with Gasteiger partial charge in [0.05, 0.1) is 48.3 Å². The Morgan fingerprint density at radius 1 is 0.500 bits per heavy atom. The highest BCUT2D eigenvalue weighted by Gasteiger charge is 2.22. The molecule has 1 atom stereocenters. The Bertz CT molecular complexity index is 5400. The number of nitrogens with one attached hydrogen (secondary N) is 3. The van der Waals surface area contributed by atoms with Gasteiger partial charge in [-0.15, -0.1) is 0 Å². The van der Waals surface area contributed by atoms with Crippen LogP contribution in [0.1, 0.15) is 99.7 Å². The minimum Gasteiger partial charge on any atom is -0.478 e. The van der Waals surface area contributed by atoms with Gasteiger partial charge < -0.3 is 45.6 Å². The largest absolute Gasteiger partial charge is 0.478 e. The average Bonchev–Trinajstić information content (AvgIpc) is 0.773. The van der Waals surface area contributed by atoms with Gasteiger partial charge in [0.2, 0.25) is 0 Å². The highest BCUT2D eigenvalue weighted by molar-refractivity contribution is 6.31. The number of nitrogens with zero attached hydrogens (tertiary/aromatic N) is 11. The smallest absolute Gasteiger partial charge is 0.335 e. The first kappa shape index (κ1) is 72.8. The van der Waals surface area contributed by atoms with Gasteiger partial charge >= 0.3 is 17.9 Å². The molecule has 6 N–H and O–H groups in total. The van der Waals surface area contributed by atoms with Crippen molar-refractivity contribution in [1.82, 2.24) is 54.7 Å². The molecule has 0 amide bonds. The summed E-state index contributed by atoms with van der Waals surface area (Å²) in [6.07, 6.45) is 15.5. The maximum absolute atomic E-state index is 13.7. The second-order valence-electron chi connectivity index (χ2n) is 24.5. The zero-order valence-electron chi connectivity index (χ0n) is 56.1. The fourth-order valence-electron chi connectivity index (χ4n) is 12.1. The zero-order chi connectivity index (χ0) is 73.1. The van der Waals surface area contributed by atoms with Crippen LogP contribution in [0.15, 0.2) is 152 Å². The summed E-state index contributed by atoms with van der Waals surface area (Å²) in [7, 11) is 3.12. The first-order chi connectivity index (χ1) is 50.2. The van der Waals surface area contributed by atoms with E-state index < -0.39 is 35.4 Å². The number of piperidine rings is 1. The van der Waals surface area contributed by atoms with E-state index in [2.05, 4.69) is 62.7 Å². The number of methoxy groups -OCH3 is 2. The lowest BCUT2D eigenvalue weighted by Gasteiger charge is -2.33. The number of aromatic nitrogens is 10. The van der Waals surface area contributed by atoms with Gasteiger partial charge in [-0.2, -0.15) is 0 Å². The molecule has 0 bridgehead atoms. The molecular formula is C76H66Cl3F3N14O8. The van der Waals surface area contributed by atoms with Crippen molar-refractivity contribution < 1.29 is 52.3 Å². The topological polar surface area (TPSA) is 299 Å². The van der Waals surface area contributed by atoms with Gasteiger partial charge in [-0.25, -0.2) is 72.4 Å². The molecule has 0 saturated carbocycles. The predicted molar refractivity (Wildman–Crippen MR) is 395 cm³/mol. The molecule has 1 aliphatic heterocycles. The summed E-state index contributed by atoms with van der Waals surface area (Å²) in [6.45, 7) is 4.58. The number of aryl methyl sites for hydroxylation is 4. The van der Waals surface area contributed by atoms with Gasteiger partial charge in [-0.05, 0) is 155 Å². The molecular weight excluding hydrogens is 1400 g/mol. The van der Waals surface area contributed by atoms with Gasteiger partial charge in [0.15, 0.2) is 23.7 Å². The van der Waals surface area contributed by atoms with Crippen LogP contribution in [-0.4, -0.2) is 128 Å². The van der Waals surface area contributed by atoms with Crippen LogP contribution in [-0.2, 0) is 35.2 Å². The van der Waals surface area contributed by atoms with Crippen LogP contribution in [0.2, 0.25) is 15.1 Å². The zero-order valence-corrected chi connectivity index (χ0v) is 58.4. The van der Waals surface area contributed by atoms with Crippen LogP contribution in [0.4, 0.5) is 47.7 Å². The molecule has 6 aromatic carbocycles. The van der Waals surface area contributed by atoms with Gasteiger partial charge in [-0.3, -0.25) is 4.98 Å². The quantitative estimate of drug-likeness (QED) is 0.0209. The number of pyridine rings is 4. The van der Waals surface area contributed by atoms with Gasteiger partial charge in [0, 0.05) is 126 Å². The normalized spacial score (nSPS) is 13.1. The summed E-state index contributed by atoms with van der Waals surface area (Å²) < 4.78 is 51.4. The lowest BCUT2D eigenvalue weighted by molar-refractivity contribution is -0.106. The molecule has 104 heavy (non-hydrogen) atoms. The summed E-state index contributed by atoms with van der Waals surface area (Å²) in [5.41, 5.74) is 5.97. The standard InChI is InChI=1S/C28H29ClFN5O2.C25H17ClFN5O2.C23H20ClFN4O4/c1-17-6-2-4-12-35(17)13-5-3-7-25-31-16-21-20-10-8-18(28(36)37)14-24(20)33-27(26(21)34-25)32-19-9-11-23(30)22(29)15-19;26-19-12-16(5-8-20(19)27)30-24-23-18(17-7-4-14(25(33)34)11-21(17)31-24)13-29-22(32-23)9-6-15-3-1-2-10-28-15;1-32-20(33-2)8-7-19-26-11-15-14-5-3-12(23(30)31)9-18(14)28-22(21(15)29-19)27-13-4-6-17(25)16(24)10-13/h8-11,14-17H,2-7,12-13H2,1H3,(H,32,33)(H,36,37);1-5,7-8,10-13H,6,9H2,(H,30,31)(H,33,34);3-6,9-11,20H,7-8H2,1-2H3,(H,27,28)(H,30,31). The number of carboxylic acids is 3. The molecule has 22 nitrogen and oxygen atoms in total. The molecule has 530 valence electrons. The number of rotatable bonds is 22. The van der Waals surface area contributed by atoms with Crippen molar-refractivity contribution in [2.75, 3.05) is 43.3 Å². The highest BCUT2D eigenvalue weighted by atomic mass is 35.5. The molecule has 1 saturated heterocycles. The molecule has 8 heterocycles. The Balaban J connectivity index is 0.000000147. The monoisotopic (exact) mass is 1460 g/mol. The number of aromatic carboxylic acids is 3. The van der Waals surface area contributed by atoms with E-state index in [1.165, 1.54) is 105 Å². The van der Waals surface area contributed by atoms with E-state index in [-0.39, 0.29) is 38.0 Å². The first-order valence-electron chi connectivity index (χ1n) is 33.1. The Morgan fingerprint density at radius 2 is 0.923 bits per heavy atom. The van der Waals surface area contributed by atoms with E-state index >= 15 is 0 Å². The Kier molecular flexibility index (Phi) is 23.1. The summed E-state index contributed by atoms with van der Waals surface area (Å²) >= 11 is 17.8. The van der Waals surface area contributed by atoms with Crippen LogP contribution in [0.3, 0.4) is 0 Å². The van der Waals surface area contributed by atoms with Crippen molar-refractivity contribution in [3.05, 3.63) is 225 Å². The number of carbonyl (C=O) groups is 3. The molecule has 28 heteroatoms. The highest BCUT2D eigenvalue weighted by Crippen LogP contribution is 2.36. The van der Waals surface area contributed by atoms with Crippen LogP contribution < -0.4 is 16.0 Å². The molecule has 1 unspecified atom stereocenters. The SMILES string of the molecule is CC1CCCCN1CCCCc1ncc2c(n1)c(Nc1ccc(F)c(Cl)c1)nc1cc(C(=O)O)ccc12.COC(CCc1ncc2c(n1)c(Nc1ccc(F)c(Cl)c1)nc1cc(C(=O)O)ccc12)OC.O=C(O)c1ccc2c(c1)nc(Nc1ccc(F)c(Cl)c1)c1nc(CCc3ccccn3)ncc12. The molecule has 0 aliphatic carbocycles. The number of unbranched alkanes of at least 4 members (excludes halogenated alkanes) is 1. The molecule has 1 fully saturated rings. The van der Waals surface area contributed by atoms with Crippen molar-refractivity contribution in [2.24, 2.45) is 0 Å². The van der Waals surface area contributed by atoms with Crippen LogP contribution in [0.5, 0.6) is 0 Å².